The maximum Gasteiger partial charge on any atom is 0.426 e. The molecule has 0 bridgehead atoms. The standard InChI is InChI=1S/C35H44N6O6S2/c1-23(2)29-16-27(49-40-29)20-46-34(44)38-32(24(3)4)33(43)41(39-35(45)47-21-28-18-37-22-48-28)30(15-25-11-7-5-8-12-25)31(42)19-36-17-26-13-9-6-10-14-26/h5-14,16,18,22-24,30-32,36,42H,15,17,19-21H2,1-4H3,(H,38,44)(H,39,45)/t30-,31-,32?/m0/s1. The minimum atomic E-state index is -1.14. The van der Waals surface area contributed by atoms with E-state index in [1.165, 1.54) is 22.9 Å². The first-order valence-electron chi connectivity index (χ1n) is 16.1. The molecule has 0 aliphatic carbocycles. The van der Waals surface area contributed by atoms with Crippen LogP contribution in [0.2, 0.25) is 0 Å². The zero-order valence-electron chi connectivity index (χ0n) is 28.1. The van der Waals surface area contributed by atoms with Gasteiger partial charge in [0.2, 0.25) is 0 Å². The molecule has 49 heavy (non-hydrogen) atoms. The molecule has 3 atom stereocenters. The van der Waals surface area contributed by atoms with Crippen LogP contribution in [0.4, 0.5) is 9.59 Å². The van der Waals surface area contributed by atoms with Crippen molar-refractivity contribution in [2.45, 2.75) is 78.0 Å². The van der Waals surface area contributed by atoms with E-state index in [4.69, 9.17) is 9.47 Å². The summed E-state index contributed by atoms with van der Waals surface area (Å²) in [7, 11) is 0. The molecule has 1 unspecified atom stereocenters. The van der Waals surface area contributed by atoms with Crippen molar-refractivity contribution in [2.75, 3.05) is 6.54 Å². The molecule has 2 heterocycles. The number of aliphatic hydroxyl groups is 1. The zero-order chi connectivity index (χ0) is 35.2. The highest BCUT2D eigenvalue weighted by molar-refractivity contribution is 7.09. The fourth-order valence-corrected chi connectivity index (χ4v) is 6.15. The molecule has 4 aromatic rings. The molecule has 0 radical (unpaired) electrons. The molecule has 0 aliphatic heterocycles. The van der Waals surface area contributed by atoms with Crippen LogP contribution in [-0.4, -0.2) is 62.3 Å². The summed E-state index contributed by atoms with van der Waals surface area (Å²) in [6.07, 6.45) is -1.07. The number of hydrazine groups is 1. The second kappa shape index (κ2) is 19.0. The third-order valence-corrected chi connectivity index (χ3v) is 9.11. The van der Waals surface area contributed by atoms with Gasteiger partial charge in [-0.1, -0.05) is 88.4 Å². The third kappa shape index (κ3) is 11.9. The van der Waals surface area contributed by atoms with Gasteiger partial charge in [0.1, 0.15) is 19.3 Å². The van der Waals surface area contributed by atoms with Crippen LogP contribution in [0, 0.1) is 5.92 Å². The SMILES string of the molecule is CC(C)c1cc(COC(=O)NC(C(=O)N(NC(=O)OCc2cncs2)[C@@H](Cc2ccccc2)[C@@H](O)CNCc2ccccc2)C(C)C)sn1. The van der Waals surface area contributed by atoms with Gasteiger partial charge < -0.3 is 25.2 Å². The highest BCUT2D eigenvalue weighted by Crippen LogP contribution is 2.20. The Morgan fingerprint density at radius 2 is 1.55 bits per heavy atom. The average molecular weight is 709 g/mol. The Hall–Kier alpha value is -4.37. The van der Waals surface area contributed by atoms with Crippen LogP contribution in [0.1, 0.15) is 60.2 Å². The molecule has 0 spiro atoms. The summed E-state index contributed by atoms with van der Waals surface area (Å²) in [6, 6.07) is 18.9. The van der Waals surface area contributed by atoms with E-state index in [1.54, 1.807) is 25.6 Å². The lowest BCUT2D eigenvalue weighted by molar-refractivity contribution is -0.143. The number of thiazole rings is 1. The first-order chi connectivity index (χ1) is 23.6. The number of ether oxygens (including phenoxy) is 2. The average Bonchev–Trinajstić information content (AvgIpc) is 3.80. The molecule has 0 saturated carbocycles. The van der Waals surface area contributed by atoms with Crippen LogP contribution in [0.15, 0.2) is 78.4 Å². The number of hydrogen-bond acceptors (Lipinski definition) is 11. The monoisotopic (exact) mass is 708 g/mol. The molecular formula is C35H44N6O6S2. The second-order valence-corrected chi connectivity index (χ2v) is 14.0. The van der Waals surface area contributed by atoms with Gasteiger partial charge in [0, 0.05) is 19.3 Å². The first kappa shape index (κ1) is 37.4. The van der Waals surface area contributed by atoms with E-state index in [0.29, 0.717) is 11.4 Å². The van der Waals surface area contributed by atoms with Crippen molar-refractivity contribution in [1.82, 2.24) is 30.4 Å². The maximum atomic E-state index is 14.4. The molecule has 3 amide bonds. The van der Waals surface area contributed by atoms with E-state index in [1.807, 2.05) is 80.6 Å². The van der Waals surface area contributed by atoms with Gasteiger partial charge in [0.25, 0.3) is 5.91 Å². The van der Waals surface area contributed by atoms with Gasteiger partial charge in [-0.25, -0.2) is 20.0 Å². The Morgan fingerprint density at radius 3 is 2.16 bits per heavy atom. The van der Waals surface area contributed by atoms with Crippen molar-refractivity contribution in [3.05, 3.63) is 105 Å². The lowest BCUT2D eigenvalue weighted by Crippen LogP contribution is -2.63. The van der Waals surface area contributed by atoms with Gasteiger partial charge in [-0.05, 0) is 47.0 Å². The predicted molar refractivity (Wildman–Crippen MR) is 189 cm³/mol. The number of nitrogens with one attached hydrogen (secondary N) is 3. The summed E-state index contributed by atoms with van der Waals surface area (Å²) >= 11 is 2.57. The zero-order valence-corrected chi connectivity index (χ0v) is 29.7. The Balaban J connectivity index is 1.56. The lowest BCUT2D eigenvalue weighted by Gasteiger charge is -2.37. The Morgan fingerprint density at radius 1 is 0.898 bits per heavy atom. The highest BCUT2D eigenvalue weighted by atomic mass is 32.1. The smallest absolute Gasteiger partial charge is 0.426 e. The predicted octanol–water partition coefficient (Wildman–Crippen LogP) is 5.41. The van der Waals surface area contributed by atoms with Crippen molar-refractivity contribution in [2.24, 2.45) is 5.92 Å². The topological polar surface area (TPSA) is 155 Å². The van der Waals surface area contributed by atoms with Crippen molar-refractivity contribution in [3.63, 3.8) is 0 Å². The molecule has 14 heteroatoms. The van der Waals surface area contributed by atoms with E-state index in [2.05, 4.69) is 25.4 Å². The Labute approximate surface area is 295 Å². The summed E-state index contributed by atoms with van der Waals surface area (Å²) in [5, 5.41) is 18.7. The number of alkyl carbamates (subject to hydrolysis) is 1. The van der Waals surface area contributed by atoms with Gasteiger partial charge in [-0.15, -0.1) is 11.3 Å². The van der Waals surface area contributed by atoms with Gasteiger partial charge in [-0.2, -0.15) is 4.37 Å². The Bertz CT molecular complexity index is 1590. The third-order valence-electron chi connectivity index (χ3n) is 7.59. The minimum absolute atomic E-state index is 0.0104. The van der Waals surface area contributed by atoms with E-state index in [0.717, 1.165) is 26.7 Å². The summed E-state index contributed by atoms with van der Waals surface area (Å²) in [6.45, 7) is 8.11. The largest absolute Gasteiger partial charge is 0.444 e. The molecule has 0 fully saturated rings. The van der Waals surface area contributed by atoms with E-state index in [-0.39, 0.29) is 32.1 Å². The second-order valence-electron chi connectivity index (χ2n) is 12.1. The van der Waals surface area contributed by atoms with Crippen molar-refractivity contribution >= 4 is 41.0 Å². The highest BCUT2D eigenvalue weighted by Gasteiger charge is 2.38. The summed E-state index contributed by atoms with van der Waals surface area (Å²) < 4.78 is 15.3. The fourth-order valence-electron chi connectivity index (χ4n) is 4.87. The van der Waals surface area contributed by atoms with Crippen LogP contribution in [0.25, 0.3) is 0 Å². The van der Waals surface area contributed by atoms with Crippen LogP contribution >= 0.6 is 22.9 Å². The number of aromatic nitrogens is 2. The number of benzene rings is 2. The van der Waals surface area contributed by atoms with E-state index in [9.17, 15) is 19.5 Å². The molecule has 4 N–H and O–H groups in total. The molecular weight excluding hydrogens is 665 g/mol. The maximum absolute atomic E-state index is 14.4. The van der Waals surface area contributed by atoms with Crippen molar-refractivity contribution < 1.29 is 29.0 Å². The number of amides is 3. The van der Waals surface area contributed by atoms with Crippen LogP contribution < -0.4 is 16.1 Å². The van der Waals surface area contributed by atoms with Crippen molar-refractivity contribution in [3.8, 4) is 0 Å². The lowest BCUT2D eigenvalue weighted by atomic mass is 9.97. The molecule has 262 valence electrons. The first-order valence-corrected chi connectivity index (χ1v) is 17.7. The fraction of sp³-hybridized carbons (Fsp3) is 0.400. The molecule has 0 saturated heterocycles. The number of nitrogens with zero attached hydrogens (tertiary/aromatic N) is 3. The number of carbonyl (C=O) groups excluding carboxylic acids is 3. The normalized spacial score (nSPS) is 13.0. The van der Waals surface area contributed by atoms with Crippen LogP contribution in [-0.2, 0) is 40.4 Å². The van der Waals surface area contributed by atoms with E-state index < -0.39 is 42.2 Å². The van der Waals surface area contributed by atoms with Gasteiger partial charge >= 0.3 is 12.2 Å². The van der Waals surface area contributed by atoms with E-state index >= 15 is 0 Å². The van der Waals surface area contributed by atoms with Crippen LogP contribution in [0.3, 0.4) is 0 Å². The number of aliphatic hydroxyl groups excluding tert-OH is 1. The quantitative estimate of drug-likeness (QED) is 0.112. The summed E-state index contributed by atoms with van der Waals surface area (Å²) in [5.41, 5.74) is 6.96. The Kier molecular flexibility index (Phi) is 14.5. The molecule has 0 aliphatic rings. The molecule has 4 rings (SSSR count). The summed E-state index contributed by atoms with van der Waals surface area (Å²) in [5.74, 6) is -0.828. The minimum Gasteiger partial charge on any atom is -0.444 e. The van der Waals surface area contributed by atoms with Crippen molar-refractivity contribution in [1.29, 1.82) is 0 Å². The summed E-state index contributed by atoms with van der Waals surface area (Å²) in [4.78, 5) is 46.1. The molecule has 12 nitrogen and oxygen atoms in total. The molecule has 2 aromatic carbocycles. The number of hydrogen-bond donors (Lipinski definition) is 4. The van der Waals surface area contributed by atoms with Gasteiger partial charge in [0.15, 0.2) is 0 Å². The molecule has 2 aromatic heterocycles. The number of carbonyl (C=O) groups is 3. The van der Waals surface area contributed by atoms with Crippen LogP contribution in [0.5, 0.6) is 0 Å². The number of rotatable bonds is 16. The van der Waals surface area contributed by atoms with Gasteiger partial charge in [0.05, 0.1) is 33.1 Å². The van der Waals surface area contributed by atoms with Gasteiger partial charge in [-0.3, -0.25) is 9.78 Å².